The molecule has 1 saturated heterocycles. The molecule has 1 aromatic heterocycles. The largest absolute Gasteiger partial charge is 0.494 e. The topological polar surface area (TPSA) is 63.9 Å². The fraction of sp³-hybridized carbons (Fsp3) is 0.346. The van der Waals surface area contributed by atoms with Gasteiger partial charge in [0, 0.05) is 54.4 Å². The van der Waals surface area contributed by atoms with Gasteiger partial charge in [0.25, 0.3) is 0 Å². The van der Waals surface area contributed by atoms with Crippen LogP contribution in [0, 0.1) is 0 Å². The second kappa shape index (κ2) is 10.6. The Balaban J connectivity index is 1.48. The van der Waals surface area contributed by atoms with Crippen LogP contribution in [0.4, 0.5) is 0 Å². The second-order valence-corrected chi connectivity index (χ2v) is 7.98. The van der Waals surface area contributed by atoms with Gasteiger partial charge in [-0.3, -0.25) is 9.69 Å². The monoisotopic (exact) mass is 434 g/mol. The Labute approximate surface area is 188 Å². The molecule has 0 saturated carbocycles. The molecule has 0 radical (unpaired) electrons. The van der Waals surface area contributed by atoms with Crippen LogP contribution in [0.1, 0.15) is 22.8 Å². The molecular weight excluding hydrogens is 404 g/mol. The summed E-state index contributed by atoms with van der Waals surface area (Å²) in [4.78, 5) is 14.9. The molecule has 2 aromatic carbocycles. The lowest BCUT2D eigenvalue weighted by Crippen LogP contribution is -2.41. The van der Waals surface area contributed by atoms with Crippen LogP contribution < -0.4 is 4.74 Å². The molecule has 0 spiro atoms. The molecule has 2 heterocycles. The first-order valence-electron chi connectivity index (χ1n) is 11.2. The highest BCUT2D eigenvalue weighted by molar-refractivity contribution is 6.07. The van der Waals surface area contributed by atoms with Gasteiger partial charge in [-0.1, -0.05) is 18.2 Å². The molecular formula is C26H30N2O4. The molecule has 32 heavy (non-hydrogen) atoms. The fourth-order valence-corrected chi connectivity index (χ4v) is 4.07. The minimum Gasteiger partial charge on any atom is -0.494 e. The van der Waals surface area contributed by atoms with E-state index in [2.05, 4.69) is 9.47 Å². The van der Waals surface area contributed by atoms with Gasteiger partial charge in [-0.2, -0.15) is 0 Å². The molecule has 1 fully saturated rings. The number of hydrogen-bond donors (Lipinski definition) is 1. The van der Waals surface area contributed by atoms with Crippen LogP contribution in [0.2, 0.25) is 0 Å². The average molecular weight is 435 g/mol. The first kappa shape index (κ1) is 22.3. The molecule has 0 aliphatic carbocycles. The van der Waals surface area contributed by atoms with E-state index < -0.39 is 6.10 Å². The van der Waals surface area contributed by atoms with Crippen LogP contribution in [0.3, 0.4) is 0 Å². The first-order valence-corrected chi connectivity index (χ1v) is 11.2. The van der Waals surface area contributed by atoms with Gasteiger partial charge in [0.15, 0.2) is 5.78 Å². The molecule has 1 N–H and O–H groups in total. The van der Waals surface area contributed by atoms with Crippen molar-refractivity contribution in [3.63, 3.8) is 0 Å². The van der Waals surface area contributed by atoms with Gasteiger partial charge in [-0.15, -0.1) is 0 Å². The second-order valence-electron chi connectivity index (χ2n) is 7.98. The summed E-state index contributed by atoms with van der Waals surface area (Å²) in [6.07, 6.45) is 4.99. The van der Waals surface area contributed by atoms with Gasteiger partial charge in [0.1, 0.15) is 5.75 Å². The molecule has 0 amide bonds. The predicted octanol–water partition coefficient (Wildman–Crippen LogP) is 3.63. The minimum absolute atomic E-state index is 0.0581. The molecule has 3 aromatic rings. The number of aromatic nitrogens is 1. The molecule has 1 aliphatic rings. The Morgan fingerprint density at radius 2 is 1.88 bits per heavy atom. The van der Waals surface area contributed by atoms with E-state index in [1.165, 1.54) is 0 Å². The zero-order chi connectivity index (χ0) is 22.3. The van der Waals surface area contributed by atoms with Crippen molar-refractivity contribution < 1.29 is 19.4 Å². The maximum atomic E-state index is 12.6. The van der Waals surface area contributed by atoms with E-state index in [4.69, 9.17) is 9.47 Å². The lowest BCUT2D eigenvalue weighted by atomic mass is 10.1. The summed E-state index contributed by atoms with van der Waals surface area (Å²) < 4.78 is 12.9. The zero-order valence-electron chi connectivity index (χ0n) is 18.4. The number of aliphatic hydroxyl groups excluding tert-OH is 1. The van der Waals surface area contributed by atoms with Gasteiger partial charge >= 0.3 is 0 Å². The number of ether oxygens (including phenoxy) is 2. The standard InChI is InChI=1S/C26H30N2O4/c1-2-32-23-10-7-20(8-11-23)26(30)12-9-21-17-28(25-6-4-3-5-24(21)25)19-22(29)18-27-13-15-31-16-14-27/h3-12,17,22,29H,2,13-16,18-19H2,1H3. The zero-order valence-corrected chi connectivity index (χ0v) is 18.4. The number of rotatable bonds is 9. The van der Waals surface area contributed by atoms with Crippen molar-refractivity contribution in [2.24, 2.45) is 0 Å². The molecule has 1 aliphatic heterocycles. The van der Waals surface area contributed by atoms with Crippen molar-refractivity contribution in [1.29, 1.82) is 0 Å². The van der Waals surface area contributed by atoms with Crippen molar-refractivity contribution in [2.75, 3.05) is 39.5 Å². The van der Waals surface area contributed by atoms with Crippen molar-refractivity contribution in [3.05, 3.63) is 71.9 Å². The summed E-state index contributed by atoms with van der Waals surface area (Å²) in [5.41, 5.74) is 2.62. The fourth-order valence-electron chi connectivity index (χ4n) is 4.07. The van der Waals surface area contributed by atoms with E-state index in [1.54, 1.807) is 18.2 Å². The number of carbonyl (C=O) groups excluding carboxylic acids is 1. The third-order valence-corrected chi connectivity index (χ3v) is 5.66. The minimum atomic E-state index is -0.480. The Kier molecular flexibility index (Phi) is 7.37. The van der Waals surface area contributed by atoms with Gasteiger partial charge in [0.05, 0.1) is 25.9 Å². The van der Waals surface area contributed by atoms with Gasteiger partial charge < -0.3 is 19.1 Å². The van der Waals surface area contributed by atoms with Crippen molar-refractivity contribution in [2.45, 2.75) is 19.6 Å². The molecule has 0 bridgehead atoms. The van der Waals surface area contributed by atoms with Crippen LogP contribution in [0.25, 0.3) is 17.0 Å². The predicted molar refractivity (Wildman–Crippen MR) is 126 cm³/mol. The Morgan fingerprint density at radius 1 is 1.12 bits per heavy atom. The van der Waals surface area contributed by atoms with E-state index in [1.807, 2.05) is 55.6 Å². The number of carbonyl (C=O) groups is 1. The number of morpholine rings is 1. The lowest BCUT2D eigenvalue weighted by Gasteiger charge is -2.28. The number of allylic oxidation sites excluding steroid dienone is 1. The average Bonchev–Trinajstić information content (AvgIpc) is 3.16. The number of nitrogens with zero attached hydrogens (tertiary/aromatic N) is 2. The summed E-state index contributed by atoms with van der Waals surface area (Å²) in [7, 11) is 0. The highest BCUT2D eigenvalue weighted by atomic mass is 16.5. The third kappa shape index (κ3) is 5.46. The normalized spacial score (nSPS) is 15.9. The van der Waals surface area contributed by atoms with E-state index in [-0.39, 0.29) is 5.78 Å². The number of aliphatic hydroxyl groups is 1. The molecule has 1 unspecified atom stereocenters. The van der Waals surface area contributed by atoms with Gasteiger partial charge in [0.2, 0.25) is 0 Å². The maximum absolute atomic E-state index is 12.6. The summed E-state index contributed by atoms with van der Waals surface area (Å²) in [5, 5.41) is 11.7. The quantitative estimate of drug-likeness (QED) is 0.412. The first-order chi connectivity index (χ1) is 15.6. The van der Waals surface area contributed by atoms with Crippen LogP contribution in [0.15, 0.2) is 60.8 Å². The van der Waals surface area contributed by atoms with E-state index in [0.29, 0.717) is 25.3 Å². The molecule has 4 rings (SSSR count). The molecule has 168 valence electrons. The Morgan fingerprint density at radius 3 is 2.62 bits per heavy atom. The summed E-state index contributed by atoms with van der Waals surface area (Å²) >= 11 is 0. The highest BCUT2D eigenvalue weighted by Gasteiger charge is 2.16. The third-order valence-electron chi connectivity index (χ3n) is 5.66. The van der Waals surface area contributed by atoms with Crippen LogP contribution in [-0.4, -0.2) is 65.9 Å². The van der Waals surface area contributed by atoms with Crippen LogP contribution in [0.5, 0.6) is 5.75 Å². The number of para-hydroxylation sites is 1. The summed E-state index contributed by atoms with van der Waals surface area (Å²) in [6, 6.07) is 15.3. The molecule has 6 heteroatoms. The number of hydrogen-bond acceptors (Lipinski definition) is 5. The van der Waals surface area contributed by atoms with E-state index >= 15 is 0 Å². The van der Waals surface area contributed by atoms with Crippen LogP contribution >= 0.6 is 0 Å². The number of fused-ring (bicyclic) bond motifs is 1. The van der Waals surface area contributed by atoms with Crippen molar-refractivity contribution in [1.82, 2.24) is 9.47 Å². The maximum Gasteiger partial charge on any atom is 0.185 e. The SMILES string of the molecule is CCOc1ccc(C(=O)C=Cc2cn(CC(O)CN3CCOCC3)c3ccccc23)cc1. The molecule has 6 nitrogen and oxygen atoms in total. The van der Waals surface area contributed by atoms with Gasteiger partial charge in [-0.25, -0.2) is 0 Å². The highest BCUT2D eigenvalue weighted by Crippen LogP contribution is 2.23. The number of β-amino-alcohol motifs (C(OH)–C–C–N with tert-alkyl or cyclic N) is 1. The number of benzene rings is 2. The summed E-state index contributed by atoms with van der Waals surface area (Å²) in [5.74, 6) is 0.698. The van der Waals surface area contributed by atoms with Crippen molar-refractivity contribution in [3.8, 4) is 5.75 Å². The van der Waals surface area contributed by atoms with E-state index in [0.717, 1.165) is 48.5 Å². The van der Waals surface area contributed by atoms with E-state index in [9.17, 15) is 9.90 Å². The Hall–Kier alpha value is -2.93. The molecule has 1 atom stereocenters. The summed E-state index contributed by atoms with van der Waals surface area (Å²) in [6.45, 7) is 6.79. The smallest absolute Gasteiger partial charge is 0.185 e. The van der Waals surface area contributed by atoms with Gasteiger partial charge in [-0.05, 0) is 49.4 Å². The Bertz CT molecular complexity index is 1070. The van der Waals surface area contributed by atoms with Crippen molar-refractivity contribution >= 4 is 22.8 Å². The lowest BCUT2D eigenvalue weighted by molar-refractivity contribution is 0.0117. The van der Waals surface area contributed by atoms with Crippen LogP contribution in [-0.2, 0) is 11.3 Å². The number of ketones is 1.